The van der Waals surface area contributed by atoms with Gasteiger partial charge in [0.2, 0.25) is 5.91 Å². The maximum atomic E-state index is 12.0. The predicted octanol–water partition coefficient (Wildman–Crippen LogP) is 1.04. The number of rotatable bonds is 5. The topological polar surface area (TPSA) is 58.4 Å². The van der Waals surface area contributed by atoms with Crippen molar-refractivity contribution in [2.24, 2.45) is 5.73 Å². The van der Waals surface area contributed by atoms with Crippen molar-refractivity contribution >= 4 is 23.1 Å². The van der Waals surface area contributed by atoms with Crippen molar-refractivity contribution in [2.75, 3.05) is 7.05 Å². The van der Waals surface area contributed by atoms with Crippen LogP contribution in [0.4, 0.5) is 0 Å². The summed E-state index contributed by atoms with van der Waals surface area (Å²) in [5.74, 6) is 0.0718. The highest BCUT2D eigenvalue weighted by molar-refractivity contribution is 7.80. The first-order chi connectivity index (χ1) is 7.93. The minimum Gasteiger partial charge on any atom is -0.392 e. The van der Waals surface area contributed by atoms with Crippen LogP contribution in [0.15, 0.2) is 0 Å². The fraction of sp³-hybridized carbons (Fsp3) is 0.833. The summed E-state index contributed by atoms with van der Waals surface area (Å²) in [6.45, 7) is 3.81. The van der Waals surface area contributed by atoms with E-state index in [1.807, 2.05) is 25.8 Å². The monoisotopic (exact) mass is 257 g/mol. The Morgan fingerprint density at radius 1 is 1.35 bits per heavy atom. The zero-order chi connectivity index (χ0) is 13.0. The van der Waals surface area contributed by atoms with Crippen molar-refractivity contribution in [3.05, 3.63) is 0 Å². The Morgan fingerprint density at radius 3 is 2.35 bits per heavy atom. The lowest BCUT2D eigenvalue weighted by atomic mass is 10.2. The molecule has 98 valence electrons. The van der Waals surface area contributed by atoms with Crippen LogP contribution >= 0.6 is 12.2 Å². The molecule has 2 atom stereocenters. The third-order valence-corrected chi connectivity index (χ3v) is 4.06. The first-order valence-electron chi connectivity index (χ1n) is 6.25. The average Bonchev–Trinajstić information content (AvgIpc) is 2.78. The van der Waals surface area contributed by atoms with Gasteiger partial charge in [0, 0.05) is 6.04 Å². The van der Waals surface area contributed by atoms with Crippen LogP contribution in [0.5, 0.6) is 0 Å². The second kappa shape index (κ2) is 6.31. The summed E-state index contributed by atoms with van der Waals surface area (Å²) in [5.41, 5.74) is 5.60. The Hall–Kier alpha value is -0.680. The number of thiocarbonyl (C=S) groups is 1. The lowest BCUT2D eigenvalue weighted by molar-refractivity contribution is -0.126. The van der Waals surface area contributed by atoms with E-state index in [2.05, 4.69) is 5.32 Å². The van der Waals surface area contributed by atoms with Crippen LogP contribution in [-0.2, 0) is 4.79 Å². The van der Waals surface area contributed by atoms with Gasteiger partial charge in [0.05, 0.1) is 17.1 Å². The molecule has 0 aromatic carbocycles. The van der Waals surface area contributed by atoms with Crippen molar-refractivity contribution in [1.29, 1.82) is 0 Å². The first kappa shape index (κ1) is 14.4. The second-order valence-corrected chi connectivity index (χ2v) is 5.38. The first-order valence-corrected chi connectivity index (χ1v) is 6.66. The standard InChI is InChI=1S/C12H23N3OS/c1-8(11(13)17)15(3)9(2)12(16)14-10-6-4-5-7-10/h8-10H,4-7H2,1-3H3,(H2,13,17)(H,14,16). The maximum Gasteiger partial charge on any atom is 0.237 e. The summed E-state index contributed by atoms with van der Waals surface area (Å²) in [5, 5.41) is 3.09. The molecule has 0 heterocycles. The summed E-state index contributed by atoms with van der Waals surface area (Å²) < 4.78 is 0. The quantitative estimate of drug-likeness (QED) is 0.723. The number of nitrogens with one attached hydrogen (secondary N) is 1. The Bertz CT molecular complexity index is 289. The summed E-state index contributed by atoms with van der Waals surface area (Å²) in [4.78, 5) is 14.4. The molecule has 1 rings (SSSR count). The number of nitrogens with two attached hydrogens (primary N) is 1. The number of amides is 1. The molecular formula is C12H23N3OS. The SMILES string of the molecule is CC(C(=O)NC1CCCC1)N(C)C(C)C(N)=S. The van der Waals surface area contributed by atoms with E-state index < -0.39 is 0 Å². The van der Waals surface area contributed by atoms with Gasteiger partial charge in [-0.1, -0.05) is 25.1 Å². The maximum absolute atomic E-state index is 12.0. The molecule has 2 unspecified atom stereocenters. The summed E-state index contributed by atoms with van der Waals surface area (Å²) in [6.07, 6.45) is 4.65. The van der Waals surface area contributed by atoms with Gasteiger partial charge in [-0.2, -0.15) is 0 Å². The van der Waals surface area contributed by atoms with Crippen LogP contribution < -0.4 is 11.1 Å². The largest absolute Gasteiger partial charge is 0.392 e. The molecule has 3 N–H and O–H groups in total. The summed E-state index contributed by atoms with van der Waals surface area (Å²) in [7, 11) is 1.88. The Kier molecular flexibility index (Phi) is 5.33. The molecule has 1 saturated carbocycles. The molecule has 0 aliphatic heterocycles. The van der Waals surface area contributed by atoms with E-state index in [0.29, 0.717) is 11.0 Å². The zero-order valence-corrected chi connectivity index (χ0v) is 11.7. The van der Waals surface area contributed by atoms with E-state index >= 15 is 0 Å². The summed E-state index contributed by atoms with van der Waals surface area (Å²) in [6, 6.07) is 0.0971. The fourth-order valence-corrected chi connectivity index (χ4v) is 2.28. The van der Waals surface area contributed by atoms with E-state index in [9.17, 15) is 4.79 Å². The smallest absolute Gasteiger partial charge is 0.237 e. The van der Waals surface area contributed by atoms with Gasteiger partial charge in [0.25, 0.3) is 0 Å². The van der Waals surface area contributed by atoms with Crippen molar-refractivity contribution in [1.82, 2.24) is 10.2 Å². The lowest BCUT2D eigenvalue weighted by Gasteiger charge is -2.30. The lowest BCUT2D eigenvalue weighted by Crippen LogP contribution is -2.51. The van der Waals surface area contributed by atoms with Crippen LogP contribution in [0.2, 0.25) is 0 Å². The van der Waals surface area contributed by atoms with Crippen molar-refractivity contribution in [2.45, 2.75) is 57.7 Å². The van der Waals surface area contributed by atoms with E-state index in [-0.39, 0.29) is 18.0 Å². The molecule has 1 amide bonds. The van der Waals surface area contributed by atoms with Gasteiger partial charge in [-0.05, 0) is 33.7 Å². The third kappa shape index (κ3) is 3.92. The van der Waals surface area contributed by atoms with Gasteiger partial charge in [-0.15, -0.1) is 0 Å². The highest BCUT2D eigenvalue weighted by Gasteiger charge is 2.26. The second-order valence-electron chi connectivity index (χ2n) is 4.91. The molecule has 1 aliphatic rings. The van der Waals surface area contributed by atoms with Gasteiger partial charge in [-0.3, -0.25) is 9.69 Å². The average molecular weight is 257 g/mol. The number of likely N-dealkylation sites (N-methyl/N-ethyl adjacent to an activating group) is 1. The molecule has 17 heavy (non-hydrogen) atoms. The molecule has 4 nitrogen and oxygen atoms in total. The van der Waals surface area contributed by atoms with Gasteiger partial charge >= 0.3 is 0 Å². The number of carbonyl (C=O) groups excluding carboxylic acids is 1. The summed E-state index contributed by atoms with van der Waals surface area (Å²) >= 11 is 4.95. The molecule has 0 aromatic heterocycles. The van der Waals surface area contributed by atoms with E-state index in [1.54, 1.807) is 0 Å². The van der Waals surface area contributed by atoms with Crippen molar-refractivity contribution < 1.29 is 4.79 Å². The fourth-order valence-electron chi connectivity index (χ4n) is 2.11. The predicted molar refractivity (Wildman–Crippen MR) is 73.9 cm³/mol. The highest BCUT2D eigenvalue weighted by atomic mass is 32.1. The van der Waals surface area contributed by atoms with Crippen molar-refractivity contribution in [3.8, 4) is 0 Å². The van der Waals surface area contributed by atoms with Gasteiger partial charge in [-0.25, -0.2) is 0 Å². The molecule has 0 aromatic rings. The van der Waals surface area contributed by atoms with Crippen LogP contribution in [0.3, 0.4) is 0 Å². The number of hydrogen-bond donors (Lipinski definition) is 2. The Morgan fingerprint density at radius 2 is 1.88 bits per heavy atom. The van der Waals surface area contributed by atoms with Gasteiger partial charge in [0.15, 0.2) is 0 Å². The Labute approximate surface area is 109 Å². The molecular weight excluding hydrogens is 234 g/mol. The van der Waals surface area contributed by atoms with E-state index in [4.69, 9.17) is 18.0 Å². The molecule has 5 heteroatoms. The van der Waals surface area contributed by atoms with E-state index in [0.717, 1.165) is 12.8 Å². The van der Waals surface area contributed by atoms with Crippen LogP contribution in [0.1, 0.15) is 39.5 Å². The normalized spacial score (nSPS) is 20.2. The molecule has 0 radical (unpaired) electrons. The number of nitrogens with zero attached hydrogens (tertiary/aromatic N) is 1. The van der Waals surface area contributed by atoms with Crippen LogP contribution in [-0.4, -0.2) is 41.0 Å². The molecule has 0 saturated heterocycles. The minimum absolute atomic E-state index is 0.0608. The van der Waals surface area contributed by atoms with Gasteiger partial charge in [0.1, 0.15) is 0 Å². The molecule has 0 spiro atoms. The molecule has 0 bridgehead atoms. The number of carbonyl (C=O) groups is 1. The van der Waals surface area contributed by atoms with Crippen LogP contribution in [0, 0.1) is 0 Å². The van der Waals surface area contributed by atoms with Crippen LogP contribution in [0.25, 0.3) is 0 Å². The minimum atomic E-state index is -0.202. The highest BCUT2D eigenvalue weighted by Crippen LogP contribution is 2.18. The zero-order valence-electron chi connectivity index (χ0n) is 10.9. The Balaban J connectivity index is 2.47. The molecule has 1 fully saturated rings. The van der Waals surface area contributed by atoms with Gasteiger partial charge < -0.3 is 11.1 Å². The molecule has 1 aliphatic carbocycles. The third-order valence-electron chi connectivity index (χ3n) is 3.71. The van der Waals surface area contributed by atoms with E-state index in [1.165, 1.54) is 12.8 Å². The number of hydrogen-bond acceptors (Lipinski definition) is 3. The van der Waals surface area contributed by atoms with Crippen molar-refractivity contribution in [3.63, 3.8) is 0 Å².